The molecule has 0 atom stereocenters. The van der Waals surface area contributed by atoms with Crippen molar-refractivity contribution in [3.63, 3.8) is 0 Å². The molecule has 27 heavy (non-hydrogen) atoms. The summed E-state index contributed by atoms with van der Waals surface area (Å²) in [5, 5.41) is 14.2. The van der Waals surface area contributed by atoms with E-state index in [0.29, 0.717) is 0 Å². The number of thiazole rings is 1. The molecule has 0 saturated carbocycles. The smallest absolute Gasteiger partial charge is 0.318 e. The van der Waals surface area contributed by atoms with Gasteiger partial charge in [0.15, 0.2) is 0 Å². The van der Waals surface area contributed by atoms with Crippen LogP contribution < -0.4 is 4.72 Å². The van der Waals surface area contributed by atoms with Crippen molar-refractivity contribution in [1.82, 2.24) is 9.71 Å². The van der Waals surface area contributed by atoms with Gasteiger partial charge in [-0.1, -0.05) is 48.5 Å². The van der Waals surface area contributed by atoms with Gasteiger partial charge in [0.05, 0.1) is 5.69 Å². The van der Waals surface area contributed by atoms with Gasteiger partial charge in [0, 0.05) is 21.4 Å². The molecule has 0 radical (unpaired) electrons. The van der Waals surface area contributed by atoms with Gasteiger partial charge < -0.3 is 5.11 Å². The first-order valence-electron chi connectivity index (χ1n) is 8.36. The van der Waals surface area contributed by atoms with Crippen molar-refractivity contribution >= 4 is 40.0 Å². The zero-order valence-corrected chi connectivity index (χ0v) is 15.9. The summed E-state index contributed by atoms with van der Waals surface area (Å²) in [6.45, 7) is -0.0758. The van der Waals surface area contributed by atoms with E-state index in [4.69, 9.17) is 10.1 Å². The number of aromatic nitrogens is 1. The molecule has 0 spiro atoms. The highest BCUT2D eigenvalue weighted by Gasteiger charge is 2.08. The summed E-state index contributed by atoms with van der Waals surface area (Å²) in [4.78, 5) is 16.3. The SMILES string of the molecule is O=C(O)CNSc1ccc(-c2csc(-c3ccc4ccccc4c3)n2)cc1. The molecule has 0 unspecified atom stereocenters. The van der Waals surface area contributed by atoms with Crippen LogP contribution in [0.4, 0.5) is 0 Å². The molecule has 0 aliphatic carbocycles. The van der Waals surface area contributed by atoms with E-state index in [1.165, 1.54) is 22.7 Å². The molecule has 2 N–H and O–H groups in total. The van der Waals surface area contributed by atoms with Crippen molar-refractivity contribution in [3.05, 3.63) is 72.1 Å². The molecule has 0 amide bonds. The fourth-order valence-corrected chi connectivity index (χ4v) is 4.20. The highest BCUT2D eigenvalue weighted by atomic mass is 32.2. The number of hydrogen-bond acceptors (Lipinski definition) is 5. The van der Waals surface area contributed by atoms with Crippen LogP contribution in [0.1, 0.15) is 0 Å². The second-order valence-corrected chi connectivity index (χ2v) is 7.76. The zero-order chi connectivity index (χ0) is 18.6. The molecule has 0 bridgehead atoms. The normalized spacial score (nSPS) is 11.0. The first-order valence-corrected chi connectivity index (χ1v) is 10.1. The molecule has 4 rings (SSSR count). The molecule has 134 valence electrons. The van der Waals surface area contributed by atoms with E-state index < -0.39 is 5.97 Å². The lowest BCUT2D eigenvalue weighted by molar-refractivity contribution is -0.135. The lowest BCUT2D eigenvalue weighted by atomic mass is 10.1. The largest absolute Gasteiger partial charge is 0.480 e. The molecule has 6 heteroatoms. The van der Waals surface area contributed by atoms with E-state index >= 15 is 0 Å². The fourth-order valence-electron chi connectivity index (χ4n) is 2.74. The predicted molar refractivity (Wildman–Crippen MR) is 112 cm³/mol. The molecule has 4 nitrogen and oxygen atoms in total. The van der Waals surface area contributed by atoms with E-state index in [2.05, 4.69) is 40.4 Å². The lowest BCUT2D eigenvalue weighted by Crippen LogP contribution is -2.15. The Balaban J connectivity index is 1.52. The van der Waals surface area contributed by atoms with Crippen LogP contribution in [0.5, 0.6) is 0 Å². The van der Waals surface area contributed by atoms with Crippen molar-refractivity contribution in [2.45, 2.75) is 4.90 Å². The number of nitrogens with zero attached hydrogens (tertiary/aromatic N) is 1. The second-order valence-electron chi connectivity index (χ2n) is 5.94. The third-order valence-corrected chi connectivity index (χ3v) is 5.75. The minimum atomic E-state index is -0.872. The molecular formula is C21H16N2O2S2. The Morgan fingerprint density at radius 2 is 1.74 bits per heavy atom. The van der Waals surface area contributed by atoms with Crippen LogP contribution in [-0.4, -0.2) is 22.6 Å². The lowest BCUT2D eigenvalue weighted by Gasteiger charge is -2.03. The van der Waals surface area contributed by atoms with E-state index in [1.807, 2.05) is 36.4 Å². The van der Waals surface area contributed by atoms with Crippen LogP contribution in [0, 0.1) is 0 Å². The average Bonchev–Trinajstić information content (AvgIpc) is 3.18. The van der Waals surface area contributed by atoms with E-state index in [9.17, 15) is 4.79 Å². The van der Waals surface area contributed by atoms with E-state index in [-0.39, 0.29) is 6.54 Å². The Bertz CT molecular complexity index is 1090. The van der Waals surface area contributed by atoms with Crippen LogP contribution in [0.3, 0.4) is 0 Å². The van der Waals surface area contributed by atoms with Crippen molar-refractivity contribution in [2.24, 2.45) is 0 Å². The molecule has 0 aliphatic heterocycles. The number of aliphatic carboxylic acids is 1. The van der Waals surface area contributed by atoms with Gasteiger partial charge in [-0.2, -0.15) is 0 Å². The summed E-state index contributed by atoms with van der Waals surface area (Å²) in [5.74, 6) is -0.872. The molecular weight excluding hydrogens is 376 g/mol. The molecule has 0 fully saturated rings. The maximum absolute atomic E-state index is 10.5. The molecule has 1 heterocycles. The first kappa shape index (κ1) is 17.7. The number of carboxylic acids is 1. The highest BCUT2D eigenvalue weighted by molar-refractivity contribution is 7.97. The van der Waals surface area contributed by atoms with Crippen LogP contribution in [0.25, 0.3) is 32.6 Å². The molecule has 0 saturated heterocycles. The molecule has 4 aromatic rings. The molecule has 0 aliphatic rings. The summed E-state index contributed by atoms with van der Waals surface area (Å²) in [7, 11) is 0. The number of carboxylic acid groups (broad SMARTS) is 1. The Morgan fingerprint density at radius 3 is 2.52 bits per heavy atom. The number of rotatable bonds is 6. The van der Waals surface area contributed by atoms with Crippen molar-refractivity contribution < 1.29 is 9.90 Å². The third kappa shape index (κ3) is 4.19. The quantitative estimate of drug-likeness (QED) is 0.435. The standard InChI is InChI=1S/C21H16N2O2S2/c24-20(25)12-22-27-18-9-7-15(8-10-18)19-13-26-21(23-19)17-6-5-14-3-1-2-4-16(14)11-17/h1-11,13,22H,12H2,(H,24,25). The summed E-state index contributed by atoms with van der Waals surface area (Å²) in [5.41, 5.74) is 3.11. The zero-order valence-electron chi connectivity index (χ0n) is 14.3. The number of carbonyl (C=O) groups is 1. The Hall–Kier alpha value is -2.67. The van der Waals surface area contributed by atoms with Gasteiger partial charge in [-0.05, 0) is 40.9 Å². The number of benzene rings is 3. The maximum Gasteiger partial charge on any atom is 0.318 e. The van der Waals surface area contributed by atoms with Crippen LogP contribution in [0.15, 0.2) is 77.0 Å². The summed E-state index contributed by atoms with van der Waals surface area (Å²) in [6, 6.07) is 22.7. The highest BCUT2D eigenvalue weighted by Crippen LogP contribution is 2.31. The second kappa shape index (κ2) is 7.92. The minimum Gasteiger partial charge on any atom is -0.480 e. The van der Waals surface area contributed by atoms with Crippen LogP contribution in [0.2, 0.25) is 0 Å². The summed E-state index contributed by atoms with van der Waals surface area (Å²) < 4.78 is 2.80. The van der Waals surface area contributed by atoms with Crippen LogP contribution >= 0.6 is 23.3 Å². The van der Waals surface area contributed by atoms with Gasteiger partial charge >= 0.3 is 5.97 Å². The average molecular weight is 393 g/mol. The van der Waals surface area contributed by atoms with Gasteiger partial charge in [0.25, 0.3) is 0 Å². The first-order chi connectivity index (χ1) is 13.2. The van der Waals surface area contributed by atoms with Gasteiger partial charge in [-0.3, -0.25) is 4.79 Å². The summed E-state index contributed by atoms with van der Waals surface area (Å²) >= 11 is 2.94. The van der Waals surface area contributed by atoms with Crippen molar-refractivity contribution in [1.29, 1.82) is 0 Å². The maximum atomic E-state index is 10.5. The van der Waals surface area contributed by atoms with E-state index in [1.54, 1.807) is 11.3 Å². The predicted octanol–water partition coefficient (Wildman–Crippen LogP) is 5.31. The van der Waals surface area contributed by atoms with Crippen molar-refractivity contribution in [3.8, 4) is 21.8 Å². The third-order valence-electron chi connectivity index (χ3n) is 4.06. The topological polar surface area (TPSA) is 62.2 Å². The number of nitrogens with one attached hydrogen (secondary N) is 1. The fraction of sp³-hybridized carbons (Fsp3) is 0.0476. The number of fused-ring (bicyclic) bond motifs is 1. The Morgan fingerprint density at radius 1 is 1.00 bits per heavy atom. The number of hydrogen-bond donors (Lipinski definition) is 2. The molecule has 3 aromatic carbocycles. The van der Waals surface area contributed by atoms with E-state index in [0.717, 1.165) is 26.7 Å². The van der Waals surface area contributed by atoms with Crippen molar-refractivity contribution in [2.75, 3.05) is 6.54 Å². The van der Waals surface area contributed by atoms with Crippen LogP contribution in [-0.2, 0) is 4.79 Å². The van der Waals surface area contributed by atoms with Gasteiger partial charge in [-0.25, -0.2) is 9.71 Å². The van der Waals surface area contributed by atoms with Gasteiger partial charge in [-0.15, -0.1) is 11.3 Å². The Labute approximate surface area is 165 Å². The summed E-state index contributed by atoms with van der Waals surface area (Å²) in [6.07, 6.45) is 0. The monoisotopic (exact) mass is 392 g/mol. The van der Waals surface area contributed by atoms with Gasteiger partial charge in [0.1, 0.15) is 11.6 Å². The minimum absolute atomic E-state index is 0.0758. The molecule has 1 aromatic heterocycles. The van der Waals surface area contributed by atoms with Gasteiger partial charge in [0.2, 0.25) is 0 Å². The Kier molecular flexibility index (Phi) is 5.20.